The van der Waals surface area contributed by atoms with Crippen LogP contribution in [0.4, 0.5) is 0 Å². The second-order valence-electron chi connectivity index (χ2n) is 5.43. The zero-order valence-corrected chi connectivity index (χ0v) is 12.9. The highest BCUT2D eigenvalue weighted by Gasteiger charge is 2.22. The molecule has 0 amide bonds. The first kappa shape index (κ1) is 14.1. The molecule has 0 spiro atoms. The molecule has 1 aliphatic rings. The Labute approximate surface area is 118 Å². The third kappa shape index (κ3) is 3.15. The third-order valence-corrected chi connectivity index (χ3v) is 4.91. The molecule has 0 saturated heterocycles. The lowest BCUT2D eigenvalue weighted by atomic mass is 9.94. The minimum absolute atomic E-state index is 0.102. The van der Waals surface area contributed by atoms with Crippen LogP contribution in [0.15, 0.2) is 4.47 Å². The molecule has 1 N–H and O–H groups in total. The lowest BCUT2D eigenvalue weighted by Gasteiger charge is -2.16. The Hall–Kier alpha value is -0.350. The van der Waals surface area contributed by atoms with Gasteiger partial charge in [-0.05, 0) is 54.0 Å². The van der Waals surface area contributed by atoms with Crippen LogP contribution in [-0.2, 0) is 19.9 Å². The standard InChI is InChI=1S/C14H23BrN2O/c1-3-12-14(15)13(17(2)16-12)9-10-6-4-5-7-11(18)8-10/h10-11,18H,3-9H2,1-2H3. The number of aromatic nitrogens is 2. The topological polar surface area (TPSA) is 38.0 Å². The smallest absolute Gasteiger partial charge is 0.0766 e. The molecule has 102 valence electrons. The molecule has 2 rings (SSSR count). The van der Waals surface area contributed by atoms with E-state index in [0.29, 0.717) is 5.92 Å². The van der Waals surface area contributed by atoms with Crippen molar-refractivity contribution in [1.29, 1.82) is 0 Å². The molecule has 1 fully saturated rings. The van der Waals surface area contributed by atoms with Crippen molar-refractivity contribution in [2.45, 2.75) is 58.0 Å². The molecule has 1 saturated carbocycles. The SMILES string of the molecule is CCc1nn(C)c(CC2CCCCC(O)C2)c1Br. The van der Waals surface area contributed by atoms with Gasteiger partial charge in [0.25, 0.3) is 0 Å². The third-order valence-electron chi connectivity index (χ3n) is 3.99. The summed E-state index contributed by atoms with van der Waals surface area (Å²) < 4.78 is 3.17. The number of rotatable bonds is 3. The average Bonchev–Trinajstić information content (AvgIpc) is 2.53. The van der Waals surface area contributed by atoms with Crippen molar-refractivity contribution >= 4 is 15.9 Å². The van der Waals surface area contributed by atoms with Crippen molar-refractivity contribution < 1.29 is 5.11 Å². The lowest BCUT2D eigenvalue weighted by Crippen LogP contribution is -2.14. The van der Waals surface area contributed by atoms with E-state index in [2.05, 4.69) is 28.0 Å². The second-order valence-corrected chi connectivity index (χ2v) is 6.22. The van der Waals surface area contributed by atoms with Crippen molar-refractivity contribution in [3.8, 4) is 0 Å². The molecule has 0 aromatic carbocycles. The van der Waals surface area contributed by atoms with Gasteiger partial charge < -0.3 is 5.11 Å². The molecule has 0 aliphatic heterocycles. The quantitative estimate of drug-likeness (QED) is 0.870. The summed E-state index contributed by atoms with van der Waals surface area (Å²) in [5, 5.41) is 14.4. The first-order chi connectivity index (χ1) is 8.61. The van der Waals surface area contributed by atoms with Crippen LogP contribution in [0.1, 0.15) is 50.4 Å². The summed E-state index contributed by atoms with van der Waals surface area (Å²) in [4.78, 5) is 0. The Morgan fingerprint density at radius 3 is 2.78 bits per heavy atom. The summed E-state index contributed by atoms with van der Waals surface area (Å²) in [6.07, 6.45) is 7.46. The van der Waals surface area contributed by atoms with Gasteiger partial charge in [-0.1, -0.05) is 19.8 Å². The summed E-state index contributed by atoms with van der Waals surface area (Å²) >= 11 is 3.68. The van der Waals surface area contributed by atoms with E-state index >= 15 is 0 Å². The van der Waals surface area contributed by atoms with Gasteiger partial charge >= 0.3 is 0 Å². The maximum atomic E-state index is 9.89. The molecule has 1 aromatic rings. The maximum absolute atomic E-state index is 9.89. The Morgan fingerprint density at radius 1 is 1.39 bits per heavy atom. The molecule has 2 atom stereocenters. The number of halogens is 1. The van der Waals surface area contributed by atoms with Crippen LogP contribution in [0, 0.1) is 5.92 Å². The van der Waals surface area contributed by atoms with Crippen molar-refractivity contribution in [2.75, 3.05) is 0 Å². The average molecular weight is 315 g/mol. The predicted octanol–water partition coefficient (Wildman–Crippen LogP) is 3.23. The Morgan fingerprint density at radius 2 is 2.11 bits per heavy atom. The highest BCUT2D eigenvalue weighted by molar-refractivity contribution is 9.10. The molecular formula is C14H23BrN2O. The highest BCUT2D eigenvalue weighted by Crippen LogP contribution is 2.30. The lowest BCUT2D eigenvalue weighted by molar-refractivity contribution is 0.141. The van der Waals surface area contributed by atoms with Crippen molar-refractivity contribution in [3.63, 3.8) is 0 Å². The van der Waals surface area contributed by atoms with E-state index < -0.39 is 0 Å². The van der Waals surface area contributed by atoms with E-state index in [0.717, 1.165) is 31.4 Å². The Bertz CT molecular complexity index is 403. The van der Waals surface area contributed by atoms with E-state index in [9.17, 15) is 5.11 Å². The van der Waals surface area contributed by atoms with Gasteiger partial charge in [0.15, 0.2) is 0 Å². The minimum atomic E-state index is -0.102. The van der Waals surface area contributed by atoms with E-state index in [1.807, 2.05) is 11.7 Å². The largest absolute Gasteiger partial charge is 0.393 e. The van der Waals surface area contributed by atoms with Gasteiger partial charge in [0.1, 0.15) is 0 Å². The van der Waals surface area contributed by atoms with Crippen molar-refractivity contribution in [2.24, 2.45) is 13.0 Å². The molecule has 1 aliphatic carbocycles. The Balaban J connectivity index is 2.10. The van der Waals surface area contributed by atoms with Gasteiger partial charge in [-0.2, -0.15) is 5.10 Å². The molecule has 0 radical (unpaired) electrons. The molecular weight excluding hydrogens is 292 g/mol. The van der Waals surface area contributed by atoms with E-state index in [-0.39, 0.29) is 6.10 Å². The number of aliphatic hydroxyl groups is 1. The van der Waals surface area contributed by atoms with Crippen LogP contribution in [0.2, 0.25) is 0 Å². The summed E-state index contributed by atoms with van der Waals surface area (Å²) in [6.45, 7) is 2.13. The fourth-order valence-electron chi connectivity index (χ4n) is 2.93. The number of aryl methyl sites for hydroxylation is 2. The van der Waals surface area contributed by atoms with E-state index in [1.54, 1.807) is 0 Å². The fraction of sp³-hybridized carbons (Fsp3) is 0.786. The van der Waals surface area contributed by atoms with E-state index in [4.69, 9.17) is 0 Å². The predicted molar refractivity (Wildman–Crippen MR) is 76.6 cm³/mol. The molecule has 1 heterocycles. The summed E-state index contributed by atoms with van der Waals surface area (Å²) in [5.74, 6) is 0.596. The number of hydrogen-bond donors (Lipinski definition) is 1. The van der Waals surface area contributed by atoms with Gasteiger partial charge in [-0.15, -0.1) is 0 Å². The molecule has 3 nitrogen and oxygen atoms in total. The zero-order valence-electron chi connectivity index (χ0n) is 11.3. The van der Waals surface area contributed by atoms with Crippen LogP contribution in [0.3, 0.4) is 0 Å². The zero-order chi connectivity index (χ0) is 13.1. The van der Waals surface area contributed by atoms with Gasteiger partial charge in [-0.3, -0.25) is 4.68 Å². The number of nitrogens with zero attached hydrogens (tertiary/aromatic N) is 2. The number of hydrogen-bond acceptors (Lipinski definition) is 2. The molecule has 0 bridgehead atoms. The van der Waals surface area contributed by atoms with Crippen LogP contribution in [0.25, 0.3) is 0 Å². The van der Waals surface area contributed by atoms with Crippen LogP contribution < -0.4 is 0 Å². The van der Waals surface area contributed by atoms with Crippen molar-refractivity contribution in [1.82, 2.24) is 9.78 Å². The number of aliphatic hydroxyl groups excluding tert-OH is 1. The van der Waals surface area contributed by atoms with E-state index in [1.165, 1.54) is 29.4 Å². The monoisotopic (exact) mass is 314 g/mol. The van der Waals surface area contributed by atoms with Crippen LogP contribution >= 0.6 is 15.9 Å². The fourth-order valence-corrected chi connectivity index (χ4v) is 3.71. The molecule has 2 unspecified atom stereocenters. The summed E-state index contributed by atoms with van der Waals surface area (Å²) in [7, 11) is 2.02. The first-order valence-corrected chi connectivity index (χ1v) is 7.79. The molecule has 4 heteroatoms. The van der Waals surface area contributed by atoms with Crippen LogP contribution in [0.5, 0.6) is 0 Å². The second kappa shape index (κ2) is 6.20. The van der Waals surface area contributed by atoms with Gasteiger partial charge in [0, 0.05) is 7.05 Å². The van der Waals surface area contributed by atoms with Crippen molar-refractivity contribution in [3.05, 3.63) is 15.9 Å². The molecule has 1 aromatic heterocycles. The summed E-state index contributed by atoms with van der Waals surface area (Å²) in [5.41, 5.74) is 2.42. The summed E-state index contributed by atoms with van der Waals surface area (Å²) in [6, 6.07) is 0. The minimum Gasteiger partial charge on any atom is -0.393 e. The van der Waals surface area contributed by atoms with Crippen LogP contribution in [-0.4, -0.2) is 21.0 Å². The first-order valence-electron chi connectivity index (χ1n) is 7.00. The Kier molecular flexibility index (Phi) is 4.84. The maximum Gasteiger partial charge on any atom is 0.0766 e. The van der Waals surface area contributed by atoms with Gasteiger partial charge in [-0.25, -0.2) is 0 Å². The highest BCUT2D eigenvalue weighted by atomic mass is 79.9. The van der Waals surface area contributed by atoms with Gasteiger partial charge in [0.2, 0.25) is 0 Å². The normalized spacial score (nSPS) is 25.1. The van der Waals surface area contributed by atoms with Gasteiger partial charge in [0.05, 0.1) is 22.0 Å². The molecule has 18 heavy (non-hydrogen) atoms.